The normalized spacial score (nSPS) is 15.7. The Morgan fingerprint density at radius 1 is 1.24 bits per heavy atom. The Balaban J connectivity index is 1.46. The first-order chi connectivity index (χ1) is 12.2. The van der Waals surface area contributed by atoms with E-state index in [1.807, 2.05) is 43.3 Å². The van der Waals surface area contributed by atoms with E-state index >= 15 is 0 Å². The summed E-state index contributed by atoms with van der Waals surface area (Å²) in [6.45, 7) is 2.56. The van der Waals surface area contributed by atoms with Gasteiger partial charge in [0.25, 0.3) is 0 Å². The van der Waals surface area contributed by atoms with Gasteiger partial charge in [-0.1, -0.05) is 31.0 Å². The minimum absolute atomic E-state index is 0.104. The summed E-state index contributed by atoms with van der Waals surface area (Å²) >= 11 is 0. The van der Waals surface area contributed by atoms with E-state index in [1.54, 1.807) is 12.4 Å². The lowest BCUT2D eigenvalue weighted by Gasteiger charge is -2.15. The number of nitrogens with one attached hydrogen (secondary N) is 2. The first kappa shape index (κ1) is 17.4. The van der Waals surface area contributed by atoms with Crippen molar-refractivity contribution in [1.82, 2.24) is 10.3 Å². The molecule has 25 heavy (non-hydrogen) atoms. The second-order valence-electron chi connectivity index (χ2n) is 6.52. The van der Waals surface area contributed by atoms with Crippen molar-refractivity contribution in [2.24, 2.45) is 0 Å². The van der Waals surface area contributed by atoms with E-state index in [-0.39, 0.29) is 12.1 Å². The monoisotopic (exact) mass is 339 g/mol. The lowest BCUT2D eigenvalue weighted by Crippen LogP contribution is -2.31. The van der Waals surface area contributed by atoms with Crippen LogP contribution in [0.3, 0.4) is 0 Å². The lowest BCUT2D eigenvalue weighted by molar-refractivity contribution is 0.0457. The number of aromatic nitrogens is 1. The van der Waals surface area contributed by atoms with Crippen molar-refractivity contribution in [3.8, 4) is 0 Å². The molecule has 0 saturated heterocycles. The number of nitrogens with zero attached hydrogens (tertiary/aromatic N) is 1. The van der Waals surface area contributed by atoms with Crippen LogP contribution in [0.2, 0.25) is 0 Å². The van der Waals surface area contributed by atoms with Gasteiger partial charge in [-0.15, -0.1) is 0 Å². The first-order valence-corrected chi connectivity index (χ1v) is 8.89. The van der Waals surface area contributed by atoms with Crippen molar-refractivity contribution < 1.29 is 9.53 Å². The number of urea groups is 1. The maximum Gasteiger partial charge on any atom is 0.319 e. The number of carbonyl (C=O) groups excluding carboxylic acids is 1. The molecule has 1 aromatic carbocycles. The summed E-state index contributed by atoms with van der Waals surface area (Å²) in [4.78, 5) is 16.2. The molecule has 0 aliphatic heterocycles. The summed E-state index contributed by atoms with van der Waals surface area (Å²) in [5, 5.41) is 5.76. The Labute approximate surface area is 148 Å². The van der Waals surface area contributed by atoms with Crippen LogP contribution in [-0.4, -0.2) is 17.1 Å². The maximum absolute atomic E-state index is 12.1. The smallest absolute Gasteiger partial charge is 0.319 e. The predicted molar refractivity (Wildman–Crippen MR) is 98.3 cm³/mol. The maximum atomic E-state index is 12.1. The molecule has 0 unspecified atom stereocenters. The molecular weight excluding hydrogens is 314 g/mol. The van der Waals surface area contributed by atoms with Gasteiger partial charge in [0.2, 0.25) is 0 Å². The summed E-state index contributed by atoms with van der Waals surface area (Å²) < 4.78 is 5.91. The zero-order chi connectivity index (χ0) is 17.5. The van der Waals surface area contributed by atoms with Gasteiger partial charge in [0, 0.05) is 18.1 Å². The lowest BCUT2D eigenvalue weighted by atomic mass is 10.1. The topological polar surface area (TPSA) is 63.2 Å². The third kappa shape index (κ3) is 5.29. The Morgan fingerprint density at radius 2 is 2.00 bits per heavy atom. The molecule has 0 bridgehead atoms. The minimum Gasteiger partial charge on any atom is -0.374 e. The van der Waals surface area contributed by atoms with Crippen molar-refractivity contribution in [2.45, 2.75) is 51.4 Å². The molecule has 3 rings (SSSR count). The van der Waals surface area contributed by atoms with E-state index < -0.39 is 0 Å². The van der Waals surface area contributed by atoms with Crippen LogP contribution in [0.4, 0.5) is 10.5 Å². The highest BCUT2D eigenvalue weighted by Crippen LogP contribution is 2.22. The second kappa shape index (κ2) is 8.62. The van der Waals surface area contributed by atoms with Crippen LogP contribution >= 0.6 is 0 Å². The quantitative estimate of drug-likeness (QED) is 0.818. The fraction of sp³-hybridized carbons (Fsp3) is 0.400. The van der Waals surface area contributed by atoms with E-state index in [1.165, 1.54) is 25.7 Å². The molecule has 0 spiro atoms. The highest BCUT2D eigenvalue weighted by atomic mass is 16.5. The van der Waals surface area contributed by atoms with E-state index in [2.05, 4.69) is 15.6 Å². The minimum atomic E-state index is -0.230. The van der Waals surface area contributed by atoms with E-state index in [4.69, 9.17) is 4.74 Å². The Bertz CT molecular complexity index is 667. The summed E-state index contributed by atoms with van der Waals surface area (Å²) in [6.07, 6.45) is 8.79. The zero-order valence-electron chi connectivity index (χ0n) is 14.6. The number of ether oxygens (including phenoxy) is 1. The molecule has 132 valence electrons. The Kier molecular flexibility index (Phi) is 6.01. The third-order valence-corrected chi connectivity index (χ3v) is 4.53. The second-order valence-corrected chi connectivity index (χ2v) is 6.52. The van der Waals surface area contributed by atoms with Gasteiger partial charge in [-0.3, -0.25) is 4.98 Å². The van der Waals surface area contributed by atoms with Crippen LogP contribution < -0.4 is 10.6 Å². The number of rotatable bonds is 6. The molecule has 5 heteroatoms. The molecule has 2 amide bonds. The number of hydrogen-bond donors (Lipinski definition) is 2. The highest BCUT2D eigenvalue weighted by Gasteiger charge is 2.15. The van der Waals surface area contributed by atoms with Crippen LogP contribution in [0.5, 0.6) is 0 Å². The molecule has 2 N–H and O–H groups in total. The van der Waals surface area contributed by atoms with Gasteiger partial charge >= 0.3 is 6.03 Å². The van der Waals surface area contributed by atoms with E-state index in [9.17, 15) is 4.79 Å². The molecular formula is C20H25N3O2. The molecule has 0 radical (unpaired) electrons. The van der Waals surface area contributed by atoms with Crippen molar-refractivity contribution >= 4 is 11.7 Å². The van der Waals surface area contributed by atoms with Crippen molar-refractivity contribution in [2.75, 3.05) is 5.32 Å². The fourth-order valence-corrected chi connectivity index (χ4v) is 3.03. The van der Waals surface area contributed by atoms with E-state index in [0.717, 1.165) is 16.8 Å². The van der Waals surface area contributed by atoms with Crippen LogP contribution in [0.25, 0.3) is 0 Å². The van der Waals surface area contributed by atoms with Gasteiger partial charge in [-0.2, -0.15) is 0 Å². The van der Waals surface area contributed by atoms with E-state index in [0.29, 0.717) is 12.7 Å². The molecule has 1 fully saturated rings. The van der Waals surface area contributed by atoms with Crippen molar-refractivity contribution in [1.29, 1.82) is 0 Å². The van der Waals surface area contributed by atoms with Gasteiger partial charge in [-0.25, -0.2) is 4.79 Å². The fourth-order valence-electron chi connectivity index (χ4n) is 3.03. The summed E-state index contributed by atoms with van der Waals surface area (Å²) in [5.74, 6) is 0. The summed E-state index contributed by atoms with van der Waals surface area (Å²) in [7, 11) is 0. The van der Waals surface area contributed by atoms with Gasteiger partial charge in [0.05, 0.1) is 18.8 Å². The zero-order valence-corrected chi connectivity index (χ0v) is 14.6. The average Bonchev–Trinajstić information content (AvgIpc) is 3.15. The van der Waals surface area contributed by atoms with Crippen molar-refractivity contribution in [3.05, 3.63) is 59.9 Å². The molecule has 1 aliphatic carbocycles. The molecule has 1 aliphatic rings. The summed E-state index contributed by atoms with van der Waals surface area (Å²) in [5.41, 5.74) is 2.86. The predicted octanol–water partition coefficient (Wildman–Crippen LogP) is 4.42. The molecule has 1 heterocycles. The number of pyridine rings is 1. The largest absolute Gasteiger partial charge is 0.374 e. The number of benzene rings is 1. The van der Waals surface area contributed by atoms with Crippen LogP contribution in [0.15, 0.2) is 48.8 Å². The number of amides is 2. The van der Waals surface area contributed by atoms with Gasteiger partial charge in [0.1, 0.15) is 0 Å². The summed E-state index contributed by atoms with van der Waals surface area (Å²) in [6, 6.07) is 11.3. The van der Waals surface area contributed by atoms with Gasteiger partial charge < -0.3 is 15.4 Å². The number of hydrogen-bond acceptors (Lipinski definition) is 3. The third-order valence-electron chi connectivity index (χ3n) is 4.53. The Morgan fingerprint density at radius 3 is 2.68 bits per heavy atom. The number of anilines is 1. The molecule has 2 aromatic rings. The molecule has 1 aromatic heterocycles. The standard InChI is InChI=1S/C20H25N3O2/c1-15(17-5-4-12-21-13-17)22-20(24)23-18-10-8-16(9-11-18)14-25-19-6-2-3-7-19/h4-5,8-13,15,19H,2-3,6-7,14H2,1H3,(H2,22,23,24)/t15-/m0/s1. The van der Waals surface area contributed by atoms with Crippen molar-refractivity contribution in [3.63, 3.8) is 0 Å². The van der Waals surface area contributed by atoms with Gasteiger partial charge in [0.15, 0.2) is 0 Å². The molecule has 1 saturated carbocycles. The van der Waals surface area contributed by atoms with Gasteiger partial charge in [-0.05, 0) is 49.1 Å². The van der Waals surface area contributed by atoms with Crippen LogP contribution in [0.1, 0.15) is 49.8 Å². The van der Waals surface area contributed by atoms with Crippen LogP contribution in [-0.2, 0) is 11.3 Å². The first-order valence-electron chi connectivity index (χ1n) is 8.89. The molecule has 5 nitrogen and oxygen atoms in total. The Hall–Kier alpha value is -2.40. The highest BCUT2D eigenvalue weighted by molar-refractivity contribution is 5.89. The SMILES string of the molecule is C[C@H](NC(=O)Nc1ccc(COC2CCCC2)cc1)c1cccnc1. The average molecular weight is 339 g/mol. The van der Waals surface area contributed by atoms with Crippen LogP contribution in [0, 0.1) is 0 Å². The number of carbonyl (C=O) groups is 1. The molecule has 1 atom stereocenters.